The van der Waals surface area contributed by atoms with Crippen LogP contribution in [0.25, 0.3) is 11.6 Å². The minimum atomic E-state index is -0.0195. The molecule has 21 heavy (non-hydrogen) atoms. The molecule has 2 aromatic heterocycles. The average molecular weight is 290 g/mol. The Morgan fingerprint density at radius 1 is 1.38 bits per heavy atom. The van der Waals surface area contributed by atoms with Crippen LogP contribution in [0.2, 0.25) is 0 Å². The lowest BCUT2D eigenvalue weighted by molar-refractivity contribution is 0.194. The van der Waals surface area contributed by atoms with Crippen molar-refractivity contribution in [3.63, 3.8) is 0 Å². The molecule has 1 aliphatic carbocycles. The Balaban J connectivity index is 1.82. The summed E-state index contributed by atoms with van der Waals surface area (Å²) < 4.78 is 5.47. The molecule has 3 rings (SSSR count). The van der Waals surface area contributed by atoms with E-state index in [1.54, 1.807) is 0 Å². The van der Waals surface area contributed by atoms with Gasteiger partial charge in [0, 0.05) is 6.04 Å². The molecule has 114 valence electrons. The molecule has 1 aliphatic rings. The van der Waals surface area contributed by atoms with Crippen molar-refractivity contribution in [2.45, 2.75) is 52.6 Å². The third-order valence-electron chi connectivity index (χ3n) is 3.94. The zero-order valence-corrected chi connectivity index (χ0v) is 12.9. The molecule has 7 heteroatoms. The standard InChI is InChI=1S/C14H22N6O/c1-8(9-5-6-9)17-10(14(2,3)4)13-18-12(20-21-13)11-15-7-16-19-11/h7-10,17H,5-6H2,1-4H3,(H,15,16,19)/t8-,10-/m0/s1. The first kappa shape index (κ1) is 14.2. The Labute approximate surface area is 123 Å². The van der Waals surface area contributed by atoms with E-state index in [9.17, 15) is 0 Å². The van der Waals surface area contributed by atoms with Gasteiger partial charge >= 0.3 is 0 Å². The third-order valence-corrected chi connectivity index (χ3v) is 3.94. The molecule has 2 N–H and O–H groups in total. The van der Waals surface area contributed by atoms with Crippen LogP contribution >= 0.6 is 0 Å². The molecule has 2 aromatic rings. The first-order valence-electron chi connectivity index (χ1n) is 7.40. The third kappa shape index (κ3) is 3.12. The quantitative estimate of drug-likeness (QED) is 0.878. The van der Waals surface area contributed by atoms with E-state index in [1.807, 2.05) is 0 Å². The summed E-state index contributed by atoms with van der Waals surface area (Å²) in [6, 6.07) is 0.465. The van der Waals surface area contributed by atoms with Crippen LogP contribution in [0, 0.1) is 11.3 Å². The lowest BCUT2D eigenvalue weighted by atomic mass is 9.86. The van der Waals surface area contributed by atoms with Gasteiger partial charge in [0.1, 0.15) is 6.33 Å². The van der Waals surface area contributed by atoms with Gasteiger partial charge in [-0.2, -0.15) is 10.1 Å². The SMILES string of the molecule is C[C@H](N[C@@H](c1nc(-c2ncn[nH]2)no1)C(C)(C)C)C1CC1. The van der Waals surface area contributed by atoms with Crippen LogP contribution in [-0.2, 0) is 0 Å². The first-order chi connectivity index (χ1) is 9.95. The van der Waals surface area contributed by atoms with Crippen LogP contribution in [0.1, 0.15) is 52.5 Å². The van der Waals surface area contributed by atoms with E-state index >= 15 is 0 Å². The molecule has 0 unspecified atom stereocenters. The van der Waals surface area contributed by atoms with Gasteiger partial charge in [-0.05, 0) is 31.1 Å². The van der Waals surface area contributed by atoms with E-state index < -0.39 is 0 Å². The van der Waals surface area contributed by atoms with Crippen LogP contribution in [0.5, 0.6) is 0 Å². The van der Waals surface area contributed by atoms with Crippen LogP contribution in [0.15, 0.2) is 10.9 Å². The van der Waals surface area contributed by atoms with Crippen LogP contribution in [0.4, 0.5) is 0 Å². The van der Waals surface area contributed by atoms with E-state index in [4.69, 9.17) is 4.52 Å². The lowest BCUT2D eigenvalue weighted by Crippen LogP contribution is -2.39. The number of hydrogen-bond acceptors (Lipinski definition) is 6. The van der Waals surface area contributed by atoms with Crippen molar-refractivity contribution < 1.29 is 4.52 Å². The van der Waals surface area contributed by atoms with Gasteiger partial charge in [-0.3, -0.25) is 5.10 Å². The van der Waals surface area contributed by atoms with Crippen molar-refractivity contribution in [2.24, 2.45) is 11.3 Å². The summed E-state index contributed by atoms with van der Waals surface area (Å²) in [7, 11) is 0. The van der Waals surface area contributed by atoms with Crippen LogP contribution in [-0.4, -0.2) is 31.4 Å². The molecule has 0 bridgehead atoms. The van der Waals surface area contributed by atoms with Crippen molar-refractivity contribution in [3.8, 4) is 11.6 Å². The van der Waals surface area contributed by atoms with Gasteiger partial charge in [0.25, 0.3) is 0 Å². The minimum absolute atomic E-state index is 0.0114. The summed E-state index contributed by atoms with van der Waals surface area (Å²) >= 11 is 0. The summed E-state index contributed by atoms with van der Waals surface area (Å²) in [6.07, 6.45) is 4.04. The molecule has 0 radical (unpaired) electrons. The molecule has 2 heterocycles. The molecule has 0 amide bonds. The molecule has 0 aliphatic heterocycles. The zero-order valence-electron chi connectivity index (χ0n) is 12.9. The fourth-order valence-corrected chi connectivity index (χ4v) is 2.45. The number of hydrogen-bond donors (Lipinski definition) is 2. The number of aromatic nitrogens is 5. The molecule has 0 saturated heterocycles. The molecular weight excluding hydrogens is 268 g/mol. The highest BCUT2D eigenvalue weighted by Crippen LogP contribution is 2.37. The Morgan fingerprint density at radius 3 is 2.71 bits per heavy atom. The van der Waals surface area contributed by atoms with Crippen LogP contribution in [0.3, 0.4) is 0 Å². The van der Waals surface area contributed by atoms with Crippen molar-refractivity contribution in [1.29, 1.82) is 0 Å². The van der Waals surface area contributed by atoms with Gasteiger partial charge in [-0.25, -0.2) is 4.98 Å². The lowest BCUT2D eigenvalue weighted by Gasteiger charge is -2.31. The van der Waals surface area contributed by atoms with Gasteiger partial charge in [-0.1, -0.05) is 25.9 Å². The van der Waals surface area contributed by atoms with E-state index in [0.717, 1.165) is 5.92 Å². The van der Waals surface area contributed by atoms with E-state index in [2.05, 4.69) is 58.3 Å². The second-order valence-corrected chi connectivity index (χ2v) is 6.88. The molecule has 0 spiro atoms. The van der Waals surface area contributed by atoms with Crippen LogP contribution < -0.4 is 5.32 Å². The topological polar surface area (TPSA) is 92.5 Å². The predicted molar refractivity (Wildman–Crippen MR) is 77.2 cm³/mol. The maximum absolute atomic E-state index is 5.47. The number of H-pyrrole nitrogens is 1. The summed E-state index contributed by atoms with van der Waals surface area (Å²) in [5.41, 5.74) is -0.0195. The highest BCUT2D eigenvalue weighted by atomic mass is 16.5. The summed E-state index contributed by atoms with van der Waals surface area (Å²) in [6.45, 7) is 8.73. The Morgan fingerprint density at radius 2 is 2.14 bits per heavy atom. The number of aromatic amines is 1. The molecule has 1 saturated carbocycles. The van der Waals surface area contributed by atoms with Crippen molar-refractivity contribution in [3.05, 3.63) is 12.2 Å². The van der Waals surface area contributed by atoms with Crippen molar-refractivity contribution in [1.82, 2.24) is 30.6 Å². The number of nitrogens with one attached hydrogen (secondary N) is 2. The second-order valence-electron chi connectivity index (χ2n) is 6.88. The largest absolute Gasteiger partial charge is 0.337 e. The van der Waals surface area contributed by atoms with Gasteiger partial charge in [0.2, 0.25) is 11.7 Å². The minimum Gasteiger partial charge on any atom is -0.337 e. The van der Waals surface area contributed by atoms with Gasteiger partial charge < -0.3 is 9.84 Å². The van der Waals surface area contributed by atoms with Gasteiger partial charge in [0.15, 0.2) is 5.82 Å². The maximum atomic E-state index is 5.47. The summed E-state index contributed by atoms with van der Waals surface area (Å²) in [5, 5.41) is 14.2. The van der Waals surface area contributed by atoms with E-state index in [-0.39, 0.29) is 11.5 Å². The molecule has 7 nitrogen and oxygen atoms in total. The van der Waals surface area contributed by atoms with Crippen molar-refractivity contribution >= 4 is 0 Å². The van der Waals surface area contributed by atoms with Gasteiger partial charge in [-0.15, -0.1) is 0 Å². The first-order valence-corrected chi connectivity index (χ1v) is 7.40. The maximum Gasteiger partial charge on any atom is 0.244 e. The molecule has 1 fully saturated rings. The fourth-order valence-electron chi connectivity index (χ4n) is 2.45. The summed E-state index contributed by atoms with van der Waals surface area (Å²) in [4.78, 5) is 8.53. The van der Waals surface area contributed by atoms with Crippen molar-refractivity contribution in [2.75, 3.05) is 0 Å². The normalized spacial score (nSPS) is 18.7. The summed E-state index contributed by atoms with van der Waals surface area (Å²) in [5.74, 6) is 2.33. The monoisotopic (exact) mass is 290 g/mol. The molecular formula is C14H22N6O. The Bertz CT molecular complexity index is 581. The van der Waals surface area contributed by atoms with E-state index in [1.165, 1.54) is 19.2 Å². The Kier molecular flexibility index (Phi) is 3.52. The zero-order chi connectivity index (χ0) is 15.0. The highest BCUT2D eigenvalue weighted by molar-refractivity contribution is 5.39. The molecule has 0 aromatic carbocycles. The predicted octanol–water partition coefficient (Wildman–Crippen LogP) is 2.33. The Hall–Kier alpha value is -1.76. The fraction of sp³-hybridized carbons (Fsp3) is 0.714. The number of nitrogens with zero attached hydrogens (tertiary/aromatic N) is 4. The smallest absolute Gasteiger partial charge is 0.244 e. The second kappa shape index (κ2) is 5.22. The average Bonchev–Trinajstić information content (AvgIpc) is 2.93. The highest BCUT2D eigenvalue weighted by Gasteiger charge is 2.36. The van der Waals surface area contributed by atoms with E-state index in [0.29, 0.717) is 23.6 Å². The van der Waals surface area contributed by atoms with Gasteiger partial charge in [0.05, 0.1) is 6.04 Å². The number of rotatable bonds is 5. The molecule has 2 atom stereocenters.